The Morgan fingerprint density at radius 3 is 2.58 bits per heavy atom. The summed E-state index contributed by atoms with van der Waals surface area (Å²) in [6.45, 7) is 4.50. The first kappa shape index (κ1) is 22.8. The molecule has 9 heteroatoms. The fraction of sp³-hybridized carbons (Fsp3) is 0.273. The molecule has 0 spiro atoms. The number of hydrogen-bond donors (Lipinski definition) is 2. The number of anilines is 1. The SMILES string of the molecule is CCCOc1ccc(NC(=O)C[C@@H]2S/C(=N\N=C(\C)c3ccc(Cl)cc3)NC2=O)cc1. The largest absolute Gasteiger partial charge is 0.494 e. The molecule has 3 rings (SSSR count). The van der Waals surface area contributed by atoms with E-state index in [-0.39, 0.29) is 18.2 Å². The summed E-state index contributed by atoms with van der Waals surface area (Å²) in [5.74, 6) is 0.236. The van der Waals surface area contributed by atoms with Crippen LogP contribution in [0.15, 0.2) is 58.7 Å². The average Bonchev–Trinajstić information content (AvgIpc) is 3.11. The highest BCUT2D eigenvalue weighted by Crippen LogP contribution is 2.24. The van der Waals surface area contributed by atoms with Gasteiger partial charge in [0.05, 0.1) is 12.3 Å². The van der Waals surface area contributed by atoms with Gasteiger partial charge >= 0.3 is 0 Å². The van der Waals surface area contributed by atoms with Gasteiger partial charge in [-0.1, -0.05) is 42.4 Å². The van der Waals surface area contributed by atoms with Gasteiger partial charge in [0, 0.05) is 17.1 Å². The van der Waals surface area contributed by atoms with Crippen molar-refractivity contribution in [2.24, 2.45) is 10.2 Å². The van der Waals surface area contributed by atoms with Crippen LogP contribution in [0.25, 0.3) is 0 Å². The second kappa shape index (κ2) is 11.0. The Morgan fingerprint density at radius 1 is 1.19 bits per heavy atom. The standard InChI is InChI=1S/C22H23ClN4O3S/c1-3-12-30-18-10-8-17(9-11-18)24-20(28)13-19-21(29)25-22(31-19)27-26-14(2)15-4-6-16(23)7-5-15/h4-11,19H,3,12-13H2,1-2H3,(H,24,28)(H,25,27,29)/b26-14-/t19-/m0/s1. The Bertz CT molecular complexity index is 991. The van der Waals surface area contributed by atoms with Crippen LogP contribution in [-0.2, 0) is 9.59 Å². The lowest BCUT2D eigenvalue weighted by atomic mass is 10.1. The van der Waals surface area contributed by atoms with Gasteiger partial charge in [0.15, 0.2) is 5.17 Å². The first-order chi connectivity index (χ1) is 14.9. The third-order valence-corrected chi connectivity index (χ3v) is 5.64. The number of ether oxygens (including phenoxy) is 1. The molecule has 0 radical (unpaired) electrons. The number of amidine groups is 1. The van der Waals surface area contributed by atoms with Crippen molar-refractivity contribution in [2.45, 2.75) is 31.9 Å². The van der Waals surface area contributed by atoms with E-state index in [9.17, 15) is 9.59 Å². The number of rotatable bonds is 8. The minimum atomic E-state index is -0.558. The Labute approximate surface area is 190 Å². The van der Waals surface area contributed by atoms with Crippen molar-refractivity contribution in [2.75, 3.05) is 11.9 Å². The molecule has 1 heterocycles. The lowest BCUT2D eigenvalue weighted by molar-refractivity contribution is -0.122. The topological polar surface area (TPSA) is 92.2 Å². The maximum atomic E-state index is 12.3. The number of hydrogen-bond acceptors (Lipinski definition) is 6. The number of nitrogens with zero attached hydrogens (tertiary/aromatic N) is 2. The highest BCUT2D eigenvalue weighted by Gasteiger charge is 2.32. The molecule has 1 aliphatic heterocycles. The quantitative estimate of drug-likeness (QED) is 0.451. The van der Waals surface area contributed by atoms with E-state index in [2.05, 4.69) is 20.8 Å². The van der Waals surface area contributed by atoms with Gasteiger partial charge < -0.3 is 15.4 Å². The average molecular weight is 459 g/mol. The maximum absolute atomic E-state index is 12.3. The number of carbonyl (C=O) groups is 2. The van der Waals surface area contributed by atoms with Crippen molar-refractivity contribution in [3.8, 4) is 5.75 Å². The summed E-state index contributed by atoms with van der Waals surface area (Å²) in [5, 5.41) is 14.2. The summed E-state index contributed by atoms with van der Waals surface area (Å²) in [6.07, 6.45) is 0.959. The van der Waals surface area contributed by atoms with Crippen LogP contribution in [0.1, 0.15) is 32.3 Å². The number of nitrogens with one attached hydrogen (secondary N) is 2. The molecular weight excluding hydrogens is 436 g/mol. The Balaban J connectivity index is 1.53. The van der Waals surface area contributed by atoms with Gasteiger partial charge in [0.1, 0.15) is 11.0 Å². The molecule has 0 aliphatic carbocycles. The number of halogens is 1. The Morgan fingerprint density at radius 2 is 1.90 bits per heavy atom. The summed E-state index contributed by atoms with van der Waals surface area (Å²) in [6, 6.07) is 14.4. The van der Waals surface area contributed by atoms with Crippen LogP contribution in [0.5, 0.6) is 5.75 Å². The van der Waals surface area contributed by atoms with Gasteiger partial charge in [0.25, 0.3) is 0 Å². The van der Waals surface area contributed by atoms with Crippen molar-refractivity contribution in [3.05, 3.63) is 59.1 Å². The molecule has 2 N–H and O–H groups in total. The van der Waals surface area contributed by atoms with Crippen molar-refractivity contribution >= 4 is 51.7 Å². The molecule has 31 heavy (non-hydrogen) atoms. The van der Waals surface area contributed by atoms with Crippen molar-refractivity contribution in [3.63, 3.8) is 0 Å². The molecule has 0 bridgehead atoms. The van der Waals surface area contributed by atoms with Crippen LogP contribution in [0.3, 0.4) is 0 Å². The third kappa shape index (κ3) is 6.83. The fourth-order valence-corrected chi connectivity index (χ4v) is 3.73. The lowest BCUT2D eigenvalue weighted by Gasteiger charge is -2.09. The van der Waals surface area contributed by atoms with E-state index in [1.54, 1.807) is 36.4 Å². The maximum Gasteiger partial charge on any atom is 0.240 e. The number of thioether (sulfide) groups is 1. The number of amides is 2. The van der Waals surface area contributed by atoms with Gasteiger partial charge in [-0.15, -0.1) is 5.10 Å². The number of carbonyl (C=O) groups excluding carboxylic acids is 2. The molecule has 1 saturated heterocycles. The highest BCUT2D eigenvalue weighted by atomic mass is 35.5. The molecule has 7 nitrogen and oxygen atoms in total. The molecule has 1 fully saturated rings. The predicted octanol–water partition coefficient (Wildman–Crippen LogP) is 4.47. The number of benzene rings is 2. The van der Waals surface area contributed by atoms with E-state index in [1.807, 2.05) is 26.0 Å². The van der Waals surface area contributed by atoms with Crippen LogP contribution < -0.4 is 15.4 Å². The van der Waals surface area contributed by atoms with E-state index in [0.717, 1.165) is 17.7 Å². The zero-order valence-corrected chi connectivity index (χ0v) is 18.8. The predicted molar refractivity (Wildman–Crippen MR) is 126 cm³/mol. The second-order valence-electron chi connectivity index (χ2n) is 6.82. The van der Waals surface area contributed by atoms with E-state index in [1.165, 1.54) is 11.8 Å². The summed E-state index contributed by atoms with van der Waals surface area (Å²) >= 11 is 7.08. The van der Waals surface area contributed by atoms with Gasteiger partial charge in [-0.3, -0.25) is 9.59 Å². The van der Waals surface area contributed by atoms with Crippen LogP contribution in [0, 0.1) is 0 Å². The minimum absolute atomic E-state index is 0.0312. The summed E-state index contributed by atoms with van der Waals surface area (Å²) in [7, 11) is 0. The molecule has 2 aromatic carbocycles. The summed E-state index contributed by atoms with van der Waals surface area (Å²) < 4.78 is 5.52. The monoisotopic (exact) mass is 458 g/mol. The molecule has 1 atom stereocenters. The molecular formula is C22H23ClN4O3S. The van der Waals surface area contributed by atoms with Crippen LogP contribution in [0.4, 0.5) is 5.69 Å². The molecule has 162 valence electrons. The van der Waals surface area contributed by atoms with E-state index < -0.39 is 5.25 Å². The van der Waals surface area contributed by atoms with E-state index in [4.69, 9.17) is 16.3 Å². The van der Waals surface area contributed by atoms with Crippen LogP contribution >= 0.6 is 23.4 Å². The third-order valence-electron chi connectivity index (χ3n) is 4.31. The van der Waals surface area contributed by atoms with Crippen molar-refractivity contribution < 1.29 is 14.3 Å². The Hall–Kier alpha value is -2.84. The molecule has 2 amide bonds. The molecule has 0 saturated carbocycles. The summed E-state index contributed by atoms with van der Waals surface area (Å²) in [5.41, 5.74) is 2.21. The minimum Gasteiger partial charge on any atom is -0.494 e. The second-order valence-corrected chi connectivity index (χ2v) is 8.45. The van der Waals surface area contributed by atoms with Crippen LogP contribution in [-0.4, -0.2) is 34.6 Å². The molecule has 0 unspecified atom stereocenters. The lowest BCUT2D eigenvalue weighted by Crippen LogP contribution is -2.28. The summed E-state index contributed by atoms with van der Waals surface area (Å²) in [4.78, 5) is 24.5. The zero-order chi connectivity index (χ0) is 22.2. The van der Waals surface area contributed by atoms with E-state index >= 15 is 0 Å². The van der Waals surface area contributed by atoms with Crippen LogP contribution in [0.2, 0.25) is 5.02 Å². The fourth-order valence-electron chi connectivity index (χ4n) is 2.69. The van der Waals surface area contributed by atoms with Crippen molar-refractivity contribution in [1.82, 2.24) is 5.32 Å². The molecule has 1 aliphatic rings. The van der Waals surface area contributed by atoms with Gasteiger partial charge in [-0.05, 0) is 55.3 Å². The first-order valence-corrected chi connectivity index (χ1v) is 11.1. The van der Waals surface area contributed by atoms with Gasteiger partial charge in [-0.25, -0.2) is 0 Å². The Kier molecular flexibility index (Phi) is 8.08. The normalized spacial score (nSPS) is 17.5. The van der Waals surface area contributed by atoms with Gasteiger partial charge in [0.2, 0.25) is 11.8 Å². The van der Waals surface area contributed by atoms with Gasteiger partial charge in [-0.2, -0.15) is 5.10 Å². The first-order valence-electron chi connectivity index (χ1n) is 9.83. The zero-order valence-electron chi connectivity index (χ0n) is 17.2. The molecule has 2 aromatic rings. The van der Waals surface area contributed by atoms with E-state index in [0.29, 0.717) is 28.2 Å². The molecule has 0 aromatic heterocycles. The highest BCUT2D eigenvalue weighted by molar-refractivity contribution is 8.15. The van der Waals surface area contributed by atoms with Crippen molar-refractivity contribution in [1.29, 1.82) is 0 Å². The smallest absolute Gasteiger partial charge is 0.240 e.